The first-order valence-corrected chi connectivity index (χ1v) is 10.6. The van der Waals surface area contributed by atoms with Crippen molar-refractivity contribution in [1.29, 1.82) is 0 Å². The van der Waals surface area contributed by atoms with E-state index in [2.05, 4.69) is 5.32 Å². The van der Waals surface area contributed by atoms with E-state index in [-0.39, 0.29) is 11.5 Å². The maximum Gasteiger partial charge on any atom is 0.338 e. The maximum absolute atomic E-state index is 12.6. The fourth-order valence-corrected chi connectivity index (χ4v) is 4.26. The summed E-state index contributed by atoms with van der Waals surface area (Å²) in [5.41, 5.74) is 1.06. The number of anilines is 1. The van der Waals surface area contributed by atoms with E-state index in [0.717, 1.165) is 0 Å². The van der Waals surface area contributed by atoms with Crippen LogP contribution in [0.1, 0.15) is 27.6 Å². The zero-order chi connectivity index (χ0) is 20.9. The highest BCUT2D eigenvalue weighted by molar-refractivity contribution is 7.89. The number of carbonyl (C=O) groups excluding carboxylic acids is 2. The molecule has 0 unspecified atom stereocenters. The normalized spacial score (nSPS) is 14.9. The number of benzene rings is 2. The average molecular weight is 418 g/mol. The van der Waals surface area contributed by atoms with Crippen LogP contribution in [-0.4, -0.2) is 57.5 Å². The lowest BCUT2D eigenvalue weighted by Crippen LogP contribution is -2.40. The Morgan fingerprint density at radius 2 is 1.76 bits per heavy atom. The van der Waals surface area contributed by atoms with Crippen LogP contribution in [0.4, 0.5) is 5.69 Å². The van der Waals surface area contributed by atoms with E-state index in [1.165, 1.54) is 34.6 Å². The van der Waals surface area contributed by atoms with Crippen molar-refractivity contribution in [1.82, 2.24) is 4.31 Å². The third-order valence-electron chi connectivity index (χ3n) is 4.36. The molecule has 9 heteroatoms. The van der Waals surface area contributed by atoms with Crippen LogP contribution >= 0.6 is 0 Å². The Hall–Kier alpha value is -2.75. The van der Waals surface area contributed by atoms with Gasteiger partial charge in [0.15, 0.2) is 0 Å². The lowest BCUT2D eigenvalue weighted by molar-refractivity contribution is 0.0526. The van der Waals surface area contributed by atoms with Crippen LogP contribution in [0.25, 0.3) is 0 Å². The van der Waals surface area contributed by atoms with Crippen LogP contribution in [0.5, 0.6) is 0 Å². The van der Waals surface area contributed by atoms with Crippen LogP contribution < -0.4 is 5.32 Å². The van der Waals surface area contributed by atoms with Crippen LogP contribution in [0.3, 0.4) is 0 Å². The number of nitrogens with one attached hydrogen (secondary N) is 1. The number of ether oxygens (including phenoxy) is 2. The van der Waals surface area contributed by atoms with Crippen molar-refractivity contribution in [2.75, 3.05) is 38.2 Å². The average Bonchev–Trinajstić information content (AvgIpc) is 2.75. The summed E-state index contributed by atoms with van der Waals surface area (Å²) in [6.45, 7) is 3.32. The Morgan fingerprint density at radius 1 is 1.07 bits per heavy atom. The van der Waals surface area contributed by atoms with E-state index in [1.807, 2.05) is 0 Å². The van der Waals surface area contributed by atoms with Gasteiger partial charge >= 0.3 is 5.97 Å². The van der Waals surface area contributed by atoms with Gasteiger partial charge in [-0.3, -0.25) is 4.79 Å². The molecule has 2 aromatic carbocycles. The molecule has 0 aliphatic carbocycles. The number of sulfonamides is 1. The first-order chi connectivity index (χ1) is 13.9. The number of esters is 1. The molecule has 0 saturated carbocycles. The van der Waals surface area contributed by atoms with Crippen molar-refractivity contribution in [2.24, 2.45) is 0 Å². The summed E-state index contributed by atoms with van der Waals surface area (Å²) in [6, 6.07) is 12.1. The molecule has 8 nitrogen and oxygen atoms in total. The molecular formula is C20H22N2O6S. The molecule has 1 aliphatic heterocycles. The Morgan fingerprint density at radius 3 is 2.41 bits per heavy atom. The molecule has 1 saturated heterocycles. The fraction of sp³-hybridized carbons (Fsp3) is 0.300. The third kappa shape index (κ3) is 5.00. The zero-order valence-electron chi connectivity index (χ0n) is 16.0. The molecule has 1 amide bonds. The molecule has 2 aromatic rings. The Kier molecular flexibility index (Phi) is 6.63. The lowest BCUT2D eigenvalue weighted by atomic mass is 10.1. The molecule has 1 fully saturated rings. The molecule has 1 aliphatic rings. The van der Waals surface area contributed by atoms with Crippen molar-refractivity contribution in [2.45, 2.75) is 11.8 Å². The molecule has 154 valence electrons. The highest BCUT2D eigenvalue weighted by atomic mass is 32.2. The summed E-state index contributed by atoms with van der Waals surface area (Å²) < 4.78 is 36.8. The Labute approximate surface area is 169 Å². The van der Waals surface area contributed by atoms with Gasteiger partial charge in [0.05, 0.1) is 30.3 Å². The standard InChI is InChI=1S/C20H22N2O6S/c1-2-28-20(24)16-4-3-5-17(14-16)21-19(23)15-6-8-18(9-7-15)29(25,26)22-10-12-27-13-11-22/h3-9,14H,2,10-13H2,1H3,(H,21,23). The molecule has 0 bridgehead atoms. The summed E-state index contributed by atoms with van der Waals surface area (Å²) >= 11 is 0. The molecule has 3 rings (SSSR count). The summed E-state index contributed by atoms with van der Waals surface area (Å²) in [7, 11) is -3.61. The fourth-order valence-electron chi connectivity index (χ4n) is 2.86. The second-order valence-corrected chi connectivity index (χ2v) is 8.23. The number of carbonyl (C=O) groups is 2. The van der Waals surface area contributed by atoms with Gasteiger partial charge in [-0.15, -0.1) is 0 Å². The van der Waals surface area contributed by atoms with Crippen LogP contribution in [0.2, 0.25) is 0 Å². The van der Waals surface area contributed by atoms with Gasteiger partial charge in [-0.2, -0.15) is 4.31 Å². The molecule has 0 spiro atoms. The number of hydrogen-bond donors (Lipinski definition) is 1. The number of nitrogens with zero attached hydrogens (tertiary/aromatic N) is 1. The van der Waals surface area contributed by atoms with E-state index in [1.54, 1.807) is 25.1 Å². The van der Waals surface area contributed by atoms with Crippen LogP contribution in [0.15, 0.2) is 53.4 Å². The van der Waals surface area contributed by atoms with Crippen molar-refractivity contribution in [3.63, 3.8) is 0 Å². The van der Waals surface area contributed by atoms with E-state index < -0.39 is 21.9 Å². The number of amides is 1. The molecule has 0 radical (unpaired) electrons. The summed E-state index contributed by atoms with van der Waals surface area (Å²) in [5.74, 6) is -0.886. The highest BCUT2D eigenvalue weighted by Crippen LogP contribution is 2.19. The van der Waals surface area contributed by atoms with Gasteiger partial charge in [0.1, 0.15) is 0 Å². The van der Waals surface area contributed by atoms with Gasteiger partial charge in [0.25, 0.3) is 5.91 Å². The molecule has 1 heterocycles. The number of hydrogen-bond acceptors (Lipinski definition) is 6. The summed E-state index contributed by atoms with van der Waals surface area (Å²) in [5, 5.41) is 2.69. The maximum atomic E-state index is 12.6. The van der Waals surface area contributed by atoms with Crippen molar-refractivity contribution in [3.05, 3.63) is 59.7 Å². The van der Waals surface area contributed by atoms with Gasteiger partial charge in [0, 0.05) is 24.3 Å². The predicted octanol–water partition coefficient (Wildman–Crippen LogP) is 2.14. The van der Waals surface area contributed by atoms with Crippen LogP contribution in [0, 0.1) is 0 Å². The molecule has 29 heavy (non-hydrogen) atoms. The minimum Gasteiger partial charge on any atom is -0.462 e. The van der Waals surface area contributed by atoms with E-state index in [0.29, 0.717) is 43.1 Å². The zero-order valence-corrected chi connectivity index (χ0v) is 16.8. The third-order valence-corrected chi connectivity index (χ3v) is 6.27. The van der Waals surface area contributed by atoms with Gasteiger partial charge < -0.3 is 14.8 Å². The van der Waals surface area contributed by atoms with Crippen molar-refractivity contribution >= 4 is 27.6 Å². The Balaban J connectivity index is 1.71. The van der Waals surface area contributed by atoms with Gasteiger partial charge in [-0.05, 0) is 49.4 Å². The largest absolute Gasteiger partial charge is 0.462 e. The minimum absolute atomic E-state index is 0.125. The molecular weight excluding hydrogens is 396 g/mol. The van der Waals surface area contributed by atoms with Crippen molar-refractivity contribution in [3.8, 4) is 0 Å². The quantitative estimate of drug-likeness (QED) is 0.721. The highest BCUT2D eigenvalue weighted by Gasteiger charge is 2.26. The Bertz CT molecular complexity index is 982. The lowest BCUT2D eigenvalue weighted by Gasteiger charge is -2.26. The topological polar surface area (TPSA) is 102 Å². The second-order valence-electron chi connectivity index (χ2n) is 6.30. The molecule has 1 N–H and O–H groups in total. The molecule has 0 atom stereocenters. The number of morpholine rings is 1. The monoisotopic (exact) mass is 418 g/mol. The van der Waals surface area contributed by atoms with Crippen molar-refractivity contribution < 1.29 is 27.5 Å². The van der Waals surface area contributed by atoms with E-state index in [4.69, 9.17) is 9.47 Å². The first kappa shape index (κ1) is 21.0. The smallest absolute Gasteiger partial charge is 0.338 e. The van der Waals surface area contributed by atoms with E-state index in [9.17, 15) is 18.0 Å². The van der Waals surface area contributed by atoms with Gasteiger partial charge in [-0.25, -0.2) is 13.2 Å². The van der Waals surface area contributed by atoms with Crippen LogP contribution in [-0.2, 0) is 19.5 Å². The summed E-state index contributed by atoms with van der Waals surface area (Å²) in [6.07, 6.45) is 0. The van der Waals surface area contributed by atoms with Gasteiger partial charge in [-0.1, -0.05) is 6.07 Å². The van der Waals surface area contributed by atoms with E-state index >= 15 is 0 Å². The van der Waals surface area contributed by atoms with Gasteiger partial charge in [0.2, 0.25) is 10.0 Å². The SMILES string of the molecule is CCOC(=O)c1cccc(NC(=O)c2ccc(S(=O)(=O)N3CCOCC3)cc2)c1. The summed E-state index contributed by atoms with van der Waals surface area (Å²) in [4.78, 5) is 24.4. The molecule has 0 aromatic heterocycles. The predicted molar refractivity (Wildman–Crippen MR) is 106 cm³/mol. The second kappa shape index (κ2) is 9.17. The number of rotatable bonds is 6. The first-order valence-electron chi connectivity index (χ1n) is 9.18. The minimum atomic E-state index is -3.61.